The number of amides is 1. The van der Waals surface area contributed by atoms with Gasteiger partial charge in [-0.25, -0.2) is 13.6 Å². The second-order valence-electron chi connectivity index (χ2n) is 6.22. The van der Waals surface area contributed by atoms with Crippen molar-refractivity contribution in [3.63, 3.8) is 0 Å². The molecule has 21 heavy (non-hydrogen) atoms. The van der Waals surface area contributed by atoms with Gasteiger partial charge in [0.1, 0.15) is 17.2 Å². The van der Waals surface area contributed by atoms with Crippen LogP contribution < -0.4 is 10.6 Å². The third-order valence-electron chi connectivity index (χ3n) is 3.23. The zero-order chi connectivity index (χ0) is 15.6. The highest BCUT2D eigenvalue weighted by Gasteiger charge is 2.31. The van der Waals surface area contributed by atoms with Gasteiger partial charge < -0.3 is 15.4 Å². The van der Waals surface area contributed by atoms with E-state index < -0.39 is 23.3 Å². The average molecular weight is 298 g/mol. The fourth-order valence-electron chi connectivity index (χ4n) is 2.43. The van der Waals surface area contributed by atoms with Gasteiger partial charge in [-0.2, -0.15) is 0 Å². The van der Waals surface area contributed by atoms with E-state index in [9.17, 15) is 13.6 Å². The van der Waals surface area contributed by atoms with Gasteiger partial charge in [-0.15, -0.1) is 0 Å². The summed E-state index contributed by atoms with van der Waals surface area (Å²) in [5.41, 5.74) is -0.0603. The van der Waals surface area contributed by atoms with Gasteiger partial charge in [0.15, 0.2) is 0 Å². The topological polar surface area (TPSA) is 50.4 Å². The Hall–Kier alpha value is -1.69. The smallest absolute Gasteiger partial charge is 0.407 e. The van der Waals surface area contributed by atoms with Gasteiger partial charge in [-0.05, 0) is 38.5 Å². The van der Waals surface area contributed by atoms with E-state index in [0.717, 1.165) is 6.07 Å². The van der Waals surface area contributed by atoms with Crippen LogP contribution in [0.4, 0.5) is 13.6 Å². The maximum Gasteiger partial charge on any atom is 0.407 e. The average Bonchev–Trinajstić information content (AvgIpc) is 2.72. The van der Waals surface area contributed by atoms with E-state index in [4.69, 9.17) is 4.74 Å². The summed E-state index contributed by atoms with van der Waals surface area (Å²) in [4.78, 5) is 11.8. The van der Waals surface area contributed by atoms with Crippen molar-refractivity contribution in [3.8, 4) is 0 Å². The summed E-state index contributed by atoms with van der Waals surface area (Å²) >= 11 is 0. The lowest BCUT2D eigenvalue weighted by molar-refractivity contribution is 0.0504. The zero-order valence-electron chi connectivity index (χ0n) is 12.4. The second kappa shape index (κ2) is 5.97. The fourth-order valence-corrected chi connectivity index (χ4v) is 2.43. The molecule has 0 bridgehead atoms. The summed E-state index contributed by atoms with van der Waals surface area (Å²) in [5.74, 6) is -1.43. The first-order valence-electron chi connectivity index (χ1n) is 6.91. The normalized spacial score (nSPS) is 22.1. The first-order chi connectivity index (χ1) is 9.74. The summed E-state index contributed by atoms with van der Waals surface area (Å²) < 4.78 is 31.8. The van der Waals surface area contributed by atoms with Crippen molar-refractivity contribution in [2.75, 3.05) is 13.1 Å². The Morgan fingerprint density at radius 2 is 1.86 bits per heavy atom. The highest BCUT2D eigenvalue weighted by atomic mass is 19.1. The first-order valence-corrected chi connectivity index (χ1v) is 6.91. The number of nitrogens with one attached hydrogen (secondary N) is 2. The van der Waals surface area contributed by atoms with Crippen LogP contribution in [-0.4, -0.2) is 30.8 Å². The van der Waals surface area contributed by atoms with E-state index in [-0.39, 0.29) is 12.0 Å². The first kappa shape index (κ1) is 15.7. The maximum absolute atomic E-state index is 13.3. The van der Waals surface area contributed by atoms with Crippen molar-refractivity contribution in [2.24, 2.45) is 0 Å². The molecule has 1 aliphatic heterocycles. The lowest BCUT2D eigenvalue weighted by atomic mass is 9.94. The van der Waals surface area contributed by atoms with Crippen molar-refractivity contribution in [2.45, 2.75) is 38.3 Å². The SMILES string of the molecule is CC(C)(C)OC(=O)N[C@@H]1CNCC1c1cc(F)cc(F)c1. The molecule has 1 amide bonds. The zero-order valence-corrected chi connectivity index (χ0v) is 12.4. The fraction of sp³-hybridized carbons (Fsp3) is 0.533. The molecule has 1 unspecified atom stereocenters. The lowest BCUT2D eigenvalue weighted by Gasteiger charge is -2.24. The number of carbonyl (C=O) groups is 1. The van der Waals surface area contributed by atoms with Crippen LogP contribution in [0.2, 0.25) is 0 Å². The molecule has 2 rings (SSSR count). The molecule has 0 aliphatic carbocycles. The molecule has 6 heteroatoms. The minimum atomic E-state index is -0.618. The molecule has 2 N–H and O–H groups in total. The Morgan fingerprint density at radius 3 is 2.43 bits per heavy atom. The number of hydrogen-bond acceptors (Lipinski definition) is 3. The van der Waals surface area contributed by atoms with E-state index in [1.807, 2.05) is 0 Å². The molecular weight excluding hydrogens is 278 g/mol. The Labute approximate surface area is 122 Å². The molecule has 4 nitrogen and oxygen atoms in total. The third-order valence-corrected chi connectivity index (χ3v) is 3.23. The molecule has 116 valence electrons. The Kier molecular flexibility index (Phi) is 4.46. The number of hydrogen-bond donors (Lipinski definition) is 2. The highest BCUT2D eigenvalue weighted by molar-refractivity contribution is 5.68. The summed E-state index contributed by atoms with van der Waals surface area (Å²) in [5, 5.41) is 5.87. The van der Waals surface area contributed by atoms with Gasteiger partial charge >= 0.3 is 6.09 Å². The quantitative estimate of drug-likeness (QED) is 0.882. The number of benzene rings is 1. The van der Waals surface area contributed by atoms with Crippen molar-refractivity contribution in [3.05, 3.63) is 35.4 Å². The lowest BCUT2D eigenvalue weighted by Crippen LogP contribution is -2.42. The van der Waals surface area contributed by atoms with Crippen molar-refractivity contribution in [1.29, 1.82) is 0 Å². The van der Waals surface area contributed by atoms with E-state index in [1.54, 1.807) is 20.8 Å². The third kappa shape index (κ3) is 4.39. The van der Waals surface area contributed by atoms with Gasteiger partial charge in [-0.1, -0.05) is 0 Å². The van der Waals surface area contributed by atoms with E-state index in [2.05, 4.69) is 10.6 Å². The van der Waals surface area contributed by atoms with Crippen LogP contribution in [0.5, 0.6) is 0 Å². The maximum atomic E-state index is 13.3. The van der Waals surface area contributed by atoms with Crippen LogP contribution in [0.3, 0.4) is 0 Å². The molecule has 0 aromatic heterocycles. The summed E-state index contributed by atoms with van der Waals surface area (Å²) in [6.07, 6.45) is -0.530. The standard InChI is InChI=1S/C15H20F2N2O2/c1-15(2,3)21-14(20)19-13-8-18-7-12(13)9-4-10(16)6-11(17)5-9/h4-6,12-13,18H,7-8H2,1-3H3,(H,19,20)/t12?,13-/m1/s1. The van der Waals surface area contributed by atoms with Crippen LogP contribution in [0.1, 0.15) is 32.3 Å². The summed E-state index contributed by atoms with van der Waals surface area (Å²) in [6.45, 7) is 6.40. The number of ether oxygens (including phenoxy) is 1. The molecule has 1 aliphatic rings. The van der Waals surface area contributed by atoms with Crippen LogP contribution >= 0.6 is 0 Å². The molecule has 1 heterocycles. The Bertz CT molecular complexity index is 509. The van der Waals surface area contributed by atoms with Crippen LogP contribution in [0.15, 0.2) is 18.2 Å². The Balaban J connectivity index is 2.08. The van der Waals surface area contributed by atoms with Gasteiger partial charge in [-0.3, -0.25) is 0 Å². The predicted octanol–water partition coefficient (Wildman–Crippen LogP) is 2.54. The molecule has 1 fully saturated rings. The van der Waals surface area contributed by atoms with Crippen molar-refractivity contribution >= 4 is 6.09 Å². The molecule has 0 saturated carbocycles. The molecule has 1 saturated heterocycles. The van der Waals surface area contributed by atoms with Crippen molar-refractivity contribution in [1.82, 2.24) is 10.6 Å². The van der Waals surface area contributed by atoms with Crippen LogP contribution in [0, 0.1) is 11.6 Å². The second-order valence-corrected chi connectivity index (χ2v) is 6.22. The molecule has 2 atom stereocenters. The monoisotopic (exact) mass is 298 g/mol. The van der Waals surface area contributed by atoms with Gasteiger partial charge in [0.25, 0.3) is 0 Å². The largest absolute Gasteiger partial charge is 0.444 e. The van der Waals surface area contributed by atoms with Gasteiger partial charge in [0, 0.05) is 25.1 Å². The predicted molar refractivity (Wildman–Crippen MR) is 75.1 cm³/mol. The summed E-state index contributed by atoms with van der Waals surface area (Å²) in [7, 11) is 0. The van der Waals surface area contributed by atoms with E-state index in [1.165, 1.54) is 12.1 Å². The molecular formula is C15H20F2N2O2. The van der Waals surface area contributed by atoms with Gasteiger partial charge in [0.05, 0.1) is 6.04 Å². The number of carbonyl (C=O) groups excluding carboxylic acids is 1. The Morgan fingerprint density at radius 1 is 1.24 bits per heavy atom. The van der Waals surface area contributed by atoms with E-state index >= 15 is 0 Å². The molecule has 1 aromatic carbocycles. The number of rotatable bonds is 2. The number of halogens is 2. The highest BCUT2D eigenvalue weighted by Crippen LogP contribution is 2.25. The minimum Gasteiger partial charge on any atom is -0.444 e. The van der Waals surface area contributed by atoms with Crippen LogP contribution in [-0.2, 0) is 4.74 Å². The molecule has 0 radical (unpaired) electrons. The molecule has 1 aromatic rings. The van der Waals surface area contributed by atoms with Crippen molar-refractivity contribution < 1.29 is 18.3 Å². The van der Waals surface area contributed by atoms with Gasteiger partial charge in [0.2, 0.25) is 0 Å². The molecule has 0 spiro atoms. The van der Waals surface area contributed by atoms with E-state index in [0.29, 0.717) is 18.7 Å². The summed E-state index contributed by atoms with van der Waals surface area (Å²) in [6, 6.07) is 3.16. The minimum absolute atomic E-state index is 0.192. The van der Waals surface area contributed by atoms with Crippen LogP contribution in [0.25, 0.3) is 0 Å². The number of alkyl carbamates (subject to hydrolysis) is 1.